The van der Waals surface area contributed by atoms with E-state index in [1.165, 1.54) is 13.0 Å². The highest BCUT2D eigenvalue weighted by molar-refractivity contribution is 7.89. The van der Waals surface area contributed by atoms with Gasteiger partial charge < -0.3 is 9.52 Å². The molecular weight excluding hydrogens is 282 g/mol. The van der Waals surface area contributed by atoms with Gasteiger partial charge in [-0.15, -0.1) is 0 Å². The number of nitrogens with one attached hydrogen (secondary N) is 1. The molecule has 0 aliphatic heterocycles. The highest BCUT2D eigenvalue weighted by Gasteiger charge is 2.19. The molecule has 0 aliphatic rings. The van der Waals surface area contributed by atoms with Crippen molar-refractivity contribution in [2.75, 3.05) is 5.75 Å². The second-order valence-electron chi connectivity index (χ2n) is 5.94. The number of carbonyl (C=O) groups is 1. The molecule has 6 nitrogen and oxygen atoms in total. The van der Waals surface area contributed by atoms with Crippen LogP contribution in [0.25, 0.3) is 0 Å². The van der Waals surface area contributed by atoms with E-state index in [1.807, 2.05) is 20.8 Å². The number of carboxylic acids is 1. The molecule has 0 saturated heterocycles. The zero-order valence-corrected chi connectivity index (χ0v) is 13.0. The molecule has 114 valence electrons. The number of furan rings is 1. The third kappa shape index (κ3) is 5.34. The van der Waals surface area contributed by atoms with Crippen LogP contribution in [0.4, 0.5) is 0 Å². The molecule has 20 heavy (non-hydrogen) atoms. The maximum Gasteiger partial charge on any atom is 0.339 e. The lowest BCUT2D eigenvalue weighted by molar-refractivity contribution is 0.0695. The van der Waals surface area contributed by atoms with Crippen molar-refractivity contribution in [3.8, 4) is 0 Å². The van der Waals surface area contributed by atoms with Gasteiger partial charge in [0, 0.05) is 0 Å². The van der Waals surface area contributed by atoms with E-state index in [4.69, 9.17) is 9.52 Å². The largest absolute Gasteiger partial charge is 0.478 e. The van der Waals surface area contributed by atoms with E-state index in [-0.39, 0.29) is 29.0 Å². The average Bonchev–Trinajstić information content (AvgIpc) is 2.65. The smallest absolute Gasteiger partial charge is 0.339 e. The third-order valence-electron chi connectivity index (χ3n) is 2.79. The topological polar surface area (TPSA) is 96.6 Å². The molecule has 0 aromatic carbocycles. The minimum absolute atomic E-state index is 0.0297. The third-order valence-corrected chi connectivity index (χ3v) is 4.11. The highest BCUT2D eigenvalue weighted by Crippen LogP contribution is 2.19. The van der Waals surface area contributed by atoms with E-state index >= 15 is 0 Å². The molecule has 0 fully saturated rings. The van der Waals surface area contributed by atoms with Crippen LogP contribution in [-0.2, 0) is 16.6 Å². The summed E-state index contributed by atoms with van der Waals surface area (Å²) in [5.41, 5.74) is -0.0131. The molecule has 7 heteroatoms. The summed E-state index contributed by atoms with van der Waals surface area (Å²) in [5.74, 6) is -0.504. The first-order valence-corrected chi connectivity index (χ1v) is 7.95. The summed E-state index contributed by atoms with van der Waals surface area (Å²) < 4.78 is 31.2. The van der Waals surface area contributed by atoms with Crippen molar-refractivity contribution in [1.82, 2.24) is 4.72 Å². The Bertz CT molecular complexity index is 580. The molecule has 0 unspecified atom stereocenters. The number of aryl methyl sites for hydroxylation is 1. The van der Waals surface area contributed by atoms with Crippen LogP contribution < -0.4 is 4.72 Å². The van der Waals surface area contributed by atoms with E-state index < -0.39 is 16.0 Å². The van der Waals surface area contributed by atoms with Gasteiger partial charge in [-0.25, -0.2) is 17.9 Å². The lowest BCUT2D eigenvalue weighted by Crippen LogP contribution is -2.27. The Morgan fingerprint density at radius 1 is 1.40 bits per heavy atom. The van der Waals surface area contributed by atoms with Gasteiger partial charge in [-0.1, -0.05) is 20.8 Å². The standard InChI is InChI=1S/C13H21NO5S/c1-9-11(12(15)16)7-10(19-9)8-14-20(17,18)6-5-13(2,3)4/h7,14H,5-6,8H2,1-4H3,(H,15,16). The van der Waals surface area contributed by atoms with Crippen molar-refractivity contribution in [3.05, 3.63) is 23.2 Å². The Hall–Kier alpha value is -1.34. The molecule has 0 spiro atoms. The number of sulfonamides is 1. The zero-order chi connectivity index (χ0) is 15.6. The van der Waals surface area contributed by atoms with Crippen molar-refractivity contribution >= 4 is 16.0 Å². The van der Waals surface area contributed by atoms with Crippen LogP contribution in [0.1, 0.15) is 49.1 Å². The quantitative estimate of drug-likeness (QED) is 0.839. The van der Waals surface area contributed by atoms with E-state index in [0.717, 1.165) is 0 Å². The average molecular weight is 303 g/mol. The first-order chi connectivity index (χ1) is 9.00. The molecule has 1 aromatic heterocycles. The predicted octanol–water partition coefficient (Wildman–Crippen LogP) is 2.14. The van der Waals surface area contributed by atoms with Crippen LogP contribution in [0.2, 0.25) is 0 Å². The van der Waals surface area contributed by atoms with Gasteiger partial charge in [0.05, 0.1) is 12.3 Å². The summed E-state index contributed by atoms with van der Waals surface area (Å²) in [6.45, 7) is 7.40. The number of aromatic carboxylic acids is 1. The van der Waals surface area contributed by atoms with Crippen LogP contribution in [0.5, 0.6) is 0 Å². The molecule has 0 saturated carbocycles. The van der Waals surface area contributed by atoms with Gasteiger partial charge in [-0.3, -0.25) is 0 Å². The molecular formula is C13H21NO5S. The lowest BCUT2D eigenvalue weighted by Gasteiger charge is -2.17. The number of hydrogen-bond donors (Lipinski definition) is 2. The SMILES string of the molecule is Cc1oc(CNS(=O)(=O)CCC(C)(C)C)cc1C(=O)O. The van der Waals surface area contributed by atoms with Gasteiger partial charge in [0.25, 0.3) is 0 Å². The Morgan fingerprint density at radius 3 is 2.45 bits per heavy atom. The van der Waals surface area contributed by atoms with Crippen molar-refractivity contribution in [2.45, 2.75) is 40.7 Å². The summed E-state index contributed by atoms with van der Waals surface area (Å²) in [6.07, 6.45) is 0.542. The van der Waals surface area contributed by atoms with Gasteiger partial charge in [-0.2, -0.15) is 0 Å². The number of carboxylic acid groups (broad SMARTS) is 1. The highest BCUT2D eigenvalue weighted by atomic mass is 32.2. The molecule has 0 atom stereocenters. The maximum absolute atomic E-state index is 11.8. The van der Waals surface area contributed by atoms with E-state index in [0.29, 0.717) is 12.2 Å². The van der Waals surface area contributed by atoms with Crippen molar-refractivity contribution in [2.24, 2.45) is 5.41 Å². The molecule has 1 aromatic rings. The van der Waals surface area contributed by atoms with E-state index in [9.17, 15) is 13.2 Å². The summed E-state index contributed by atoms with van der Waals surface area (Å²) >= 11 is 0. The summed E-state index contributed by atoms with van der Waals surface area (Å²) in [6, 6.07) is 1.34. The van der Waals surface area contributed by atoms with Gasteiger partial charge in [0.15, 0.2) is 0 Å². The number of hydrogen-bond acceptors (Lipinski definition) is 4. The Morgan fingerprint density at radius 2 is 2.00 bits per heavy atom. The first kappa shape index (κ1) is 16.7. The predicted molar refractivity (Wildman–Crippen MR) is 75.1 cm³/mol. The molecule has 2 N–H and O–H groups in total. The van der Waals surface area contributed by atoms with E-state index in [2.05, 4.69) is 4.72 Å². The van der Waals surface area contributed by atoms with Gasteiger partial charge >= 0.3 is 5.97 Å². The fraction of sp³-hybridized carbons (Fsp3) is 0.615. The monoisotopic (exact) mass is 303 g/mol. The Labute approximate surface area is 119 Å². The minimum Gasteiger partial charge on any atom is -0.478 e. The van der Waals surface area contributed by atoms with Crippen molar-refractivity contribution in [3.63, 3.8) is 0 Å². The van der Waals surface area contributed by atoms with Crippen LogP contribution in [0, 0.1) is 12.3 Å². The van der Waals surface area contributed by atoms with E-state index in [1.54, 1.807) is 0 Å². The maximum atomic E-state index is 11.8. The second kappa shape index (κ2) is 5.97. The fourth-order valence-corrected chi connectivity index (χ4v) is 2.92. The van der Waals surface area contributed by atoms with Gasteiger partial charge in [-0.05, 0) is 24.8 Å². The van der Waals surface area contributed by atoms with Gasteiger partial charge in [0.2, 0.25) is 10.0 Å². The molecule has 0 radical (unpaired) electrons. The van der Waals surface area contributed by atoms with Crippen LogP contribution in [-0.4, -0.2) is 25.2 Å². The molecule has 0 bridgehead atoms. The molecule has 0 aliphatic carbocycles. The first-order valence-electron chi connectivity index (χ1n) is 6.30. The van der Waals surface area contributed by atoms with Crippen molar-refractivity contribution < 1.29 is 22.7 Å². The minimum atomic E-state index is -3.39. The van der Waals surface area contributed by atoms with Crippen LogP contribution in [0.3, 0.4) is 0 Å². The van der Waals surface area contributed by atoms with Gasteiger partial charge in [0.1, 0.15) is 17.1 Å². The zero-order valence-electron chi connectivity index (χ0n) is 12.2. The molecule has 1 rings (SSSR count). The Kier molecular flexibility index (Phi) is 4.99. The Balaban J connectivity index is 2.63. The second-order valence-corrected chi connectivity index (χ2v) is 7.86. The lowest BCUT2D eigenvalue weighted by atomic mass is 9.94. The van der Waals surface area contributed by atoms with Crippen LogP contribution in [0.15, 0.2) is 10.5 Å². The molecule has 0 amide bonds. The number of rotatable bonds is 6. The summed E-state index contributed by atoms with van der Waals surface area (Å²) in [5, 5.41) is 8.88. The normalized spacial score (nSPS) is 12.6. The van der Waals surface area contributed by atoms with Crippen LogP contribution >= 0.6 is 0 Å². The van der Waals surface area contributed by atoms with Crippen molar-refractivity contribution in [1.29, 1.82) is 0 Å². The molecule has 1 heterocycles. The summed E-state index contributed by atoms with van der Waals surface area (Å²) in [7, 11) is -3.39. The fourth-order valence-electron chi connectivity index (χ4n) is 1.54. The summed E-state index contributed by atoms with van der Waals surface area (Å²) in [4.78, 5) is 10.9.